The number of hydrogen-bond acceptors (Lipinski definition) is 4. The summed E-state index contributed by atoms with van der Waals surface area (Å²) in [7, 11) is 1.29. The van der Waals surface area contributed by atoms with Crippen LogP contribution in [0.4, 0.5) is 0 Å². The summed E-state index contributed by atoms with van der Waals surface area (Å²) in [5, 5.41) is 0.989. The number of carbonyl (C=O) groups excluding carboxylic acids is 2. The van der Waals surface area contributed by atoms with Crippen molar-refractivity contribution in [3.63, 3.8) is 0 Å². The lowest BCUT2D eigenvalue weighted by molar-refractivity contribution is -0.157. The van der Waals surface area contributed by atoms with E-state index in [1.807, 2.05) is 49.4 Å². The van der Waals surface area contributed by atoms with Gasteiger partial charge in [-0.1, -0.05) is 36.4 Å². The van der Waals surface area contributed by atoms with Gasteiger partial charge in [0.25, 0.3) is 0 Å². The smallest absolute Gasteiger partial charge is 0.326 e. The molecule has 1 aliphatic heterocycles. The lowest BCUT2D eigenvalue weighted by Crippen LogP contribution is -2.38. The van der Waals surface area contributed by atoms with E-state index >= 15 is 0 Å². The quantitative estimate of drug-likeness (QED) is 0.443. The predicted molar refractivity (Wildman–Crippen MR) is 92.5 cm³/mol. The zero-order valence-electron chi connectivity index (χ0n) is 13.9. The lowest BCUT2D eigenvalue weighted by atomic mass is 9.77. The highest BCUT2D eigenvalue weighted by molar-refractivity contribution is 6.00. The predicted octanol–water partition coefficient (Wildman–Crippen LogP) is 3.32. The van der Waals surface area contributed by atoms with Crippen molar-refractivity contribution in [3.8, 4) is 5.75 Å². The van der Waals surface area contributed by atoms with Crippen LogP contribution < -0.4 is 4.74 Å². The molecule has 1 aliphatic rings. The minimum Gasteiger partial charge on any atom is -0.468 e. The van der Waals surface area contributed by atoms with Crippen LogP contribution in [0.2, 0.25) is 0 Å². The van der Waals surface area contributed by atoms with Gasteiger partial charge in [0.05, 0.1) is 7.11 Å². The maximum absolute atomic E-state index is 12.6. The van der Waals surface area contributed by atoms with E-state index in [0.29, 0.717) is 5.75 Å². The summed E-state index contributed by atoms with van der Waals surface area (Å²) in [6.45, 7) is 1.95. The summed E-state index contributed by atoms with van der Waals surface area (Å²) in [5.74, 6) is -2.17. The highest BCUT2D eigenvalue weighted by atomic mass is 16.6. The number of methoxy groups -OCH3 is 1. The number of carbonyl (C=O) groups is 2. The number of esters is 2. The Morgan fingerprint density at radius 2 is 1.84 bits per heavy atom. The van der Waals surface area contributed by atoms with Crippen LogP contribution in [0.3, 0.4) is 0 Å². The summed E-state index contributed by atoms with van der Waals surface area (Å²) >= 11 is 0. The Bertz CT molecular complexity index is 988. The third kappa shape index (κ3) is 2.31. The number of rotatable bonds is 2. The van der Waals surface area contributed by atoms with Gasteiger partial charge in [-0.2, -0.15) is 0 Å². The molecule has 0 saturated heterocycles. The molecular weight excluding hydrogens is 318 g/mol. The molecule has 0 radical (unpaired) electrons. The van der Waals surface area contributed by atoms with Crippen molar-refractivity contribution < 1.29 is 19.1 Å². The second-order valence-corrected chi connectivity index (χ2v) is 6.15. The van der Waals surface area contributed by atoms with Crippen molar-refractivity contribution >= 4 is 22.8 Å². The van der Waals surface area contributed by atoms with Crippen LogP contribution in [-0.4, -0.2) is 24.0 Å². The number of fused-ring (bicyclic) bond motifs is 2. The number of hydrogen-bond donors (Lipinski definition) is 1. The molecule has 0 bridgehead atoms. The van der Waals surface area contributed by atoms with Gasteiger partial charge in [-0.05, 0) is 24.6 Å². The number of ether oxygens (including phenoxy) is 2. The molecule has 2 heterocycles. The van der Waals surface area contributed by atoms with Crippen LogP contribution in [0.25, 0.3) is 10.9 Å². The molecule has 25 heavy (non-hydrogen) atoms. The van der Waals surface area contributed by atoms with Gasteiger partial charge in [-0.3, -0.25) is 9.59 Å². The van der Waals surface area contributed by atoms with Crippen molar-refractivity contribution in [2.45, 2.75) is 12.8 Å². The van der Waals surface area contributed by atoms with Crippen LogP contribution >= 0.6 is 0 Å². The average Bonchev–Trinajstić information content (AvgIpc) is 2.95. The third-order valence-corrected chi connectivity index (χ3v) is 4.76. The van der Waals surface area contributed by atoms with Gasteiger partial charge in [-0.25, -0.2) is 0 Å². The lowest BCUT2D eigenvalue weighted by Gasteiger charge is -2.30. The molecule has 1 N–H and O–H groups in total. The number of para-hydroxylation sites is 2. The first kappa shape index (κ1) is 15.4. The fraction of sp³-hybridized carbons (Fsp3) is 0.200. The molecule has 2 aromatic carbocycles. The highest BCUT2D eigenvalue weighted by Gasteiger charge is 2.45. The van der Waals surface area contributed by atoms with Gasteiger partial charge in [-0.15, -0.1) is 0 Å². The van der Waals surface area contributed by atoms with E-state index in [4.69, 9.17) is 9.47 Å². The molecule has 1 aromatic heterocycles. The number of aromatic nitrogens is 1. The minimum absolute atomic E-state index is 0.457. The zero-order chi connectivity index (χ0) is 17.6. The summed E-state index contributed by atoms with van der Waals surface area (Å²) < 4.78 is 10.3. The minimum atomic E-state index is -1.03. The molecule has 0 unspecified atom stereocenters. The molecule has 0 spiro atoms. The summed E-state index contributed by atoms with van der Waals surface area (Å²) in [5.41, 5.74) is 3.63. The van der Waals surface area contributed by atoms with Gasteiger partial charge >= 0.3 is 11.9 Å². The maximum atomic E-state index is 12.6. The Balaban J connectivity index is 2.02. The summed E-state index contributed by atoms with van der Waals surface area (Å²) in [4.78, 5) is 28.3. The van der Waals surface area contributed by atoms with Crippen LogP contribution in [0.5, 0.6) is 5.75 Å². The Morgan fingerprint density at radius 3 is 2.64 bits per heavy atom. The molecule has 0 saturated carbocycles. The van der Waals surface area contributed by atoms with Gasteiger partial charge in [0.15, 0.2) is 5.92 Å². The van der Waals surface area contributed by atoms with Crippen molar-refractivity contribution in [1.29, 1.82) is 0 Å². The fourth-order valence-electron chi connectivity index (χ4n) is 3.70. The molecule has 0 amide bonds. The van der Waals surface area contributed by atoms with Crippen LogP contribution in [0.1, 0.15) is 22.7 Å². The maximum Gasteiger partial charge on any atom is 0.326 e. The third-order valence-electron chi connectivity index (χ3n) is 4.76. The average molecular weight is 335 g/mol. The number of aryl methyl sites for hydroxylation is 1. The Hall–Kier alpha value is -3.08. The van der Waals surface area contributed by atoms with E-state index in [0.717, 1.165) is 27.7 Å². The summed E-state index contributed by atoms with van der Waals surface area (Å²) in [6, 6.07) is 15.2. The monoisotopic (exact) mass is 335 g/mol. The molecular formula is C20H17NO4. The molecule has 126 valence electrons. The van der Waals surface area contributed by atoms with Crippen molar-refractivity contribution in [2.24, 2.45) is 5.92 Å². The van der Waals surface area contributed by atoms with Crippen LogP contribution in [-0.2, 0) is 14.3 Å². The van der Waals surface area contributed by atoms with E-state index in [2.05, 4.69) is 4.98 Å². The van der Waals surface area contributed by atoms with Crippen LogP contribution in [0, 0.1) is 12.8 Å². The van der Waals surface area contributed by atoms with Crippen molar-refractivity contribution in [3.05, 3.63) is 65.4 Å². The normalized spacial score (nSPS) is 19.4. The first-order valence-corrected chi connectivity index (χ1v) is 8.07. The van der Waals surface area contributed by atoms with Gasteiger partial charge in [0.1, 0.15) is 5.75 Å². The standard InChI is InChI=1S/C20H17NO4/c1-11-16(12-7-3-5-9-14(12)21-11)17-13-8-4-6-10-15(13)25-20(23)18(17)19(22)24-2/h3-10,17-18,21H,1-2H3/t17-,18+/m0/s1. The summed E-state index contributed by atoms with van der Waals surface area (Å²) in [6.07, 6.45) is 0. The molecule has 5 nitrogen and oxygen atoms in total. The molecule has 0 aliphatic carbocycles. The molecule has 4 rings (SSSR count). The fourth-order valence-corrected chi connectivity index (χ4v) is 3.70. The van der Waals surface area contributed by atoms with Crippen molar-refractivity contribution in [1.82, 2.24) is 4.98 Å². The number of aromatic amines is 1. The number of H-pyrrole nitrogens is 1. The van der Waals surface area contributed by atoms with E-state index in [9.17, 15) is 9.59 Å². The van der Waals surface area contributed by atoms with Crippen molar-refractivity contribution in [2.75, 3.05) is 7.11 Å². The zero-order valence-corrected chi connectivity index (χ0v) is 13.9. The van der Waals surface area contributed by atoms with E-state index in [-0.39, 0.29) is 0 Å². The first-order chi connectivity index (χ1) is 12.1. The molecule has 0 fully saturated rings. The molecule has 2 atom stereocenters. The van der Waals surface area contributed by atoms with Gasteiger partial charge < -0.3 is 14.5 Å². The topological polar surface area (TPSA) is 68.4 Å². The Labute approximate surface area is 144 Å². The first-order valence-electron chi connectivity index (χ1n) is 8.07. The van der Waals surface area contributed by atoms with Crippen LogP contribution in [0.15, 0.2) is 48.5 Å². The largest absolute Gasteiger partial charge is 0.468 e. The second kappa shape index (κ2) is 5.77. The SMILES string of the molecule is COC(=O)[C@@H]1C(=O)Oc2ccccc2[C@H]1c1c(C)[nH]c2ccccc12. The Kier molecular flexibility index (Phi) is 3.57. The number of nitrogens with one attached hydrogen (secondary N) is 1. The second-order valence-electron chi connectivity index (χ2n) is 6.15. The highest BCUT2D eigenvalue weighted by Crippen LogP contribution is 2.45. The molecule has 3 aromatic rings. The van der Waals surface area contributed by atoms with E-state index in [1.54, 1.807) is 6.07 Å². The molecule has 5 heteroatoms. The van der Waals surface area contributed by atoms with E-state index < -0.39 is 23.8 Å². The Morgan fingerprint density at radius 1 is 1.12 bits per heavy atom. The van der Waals surface area contributed by atoms with Gasteiger partial charge in [0.2, 0.25) is 0 Å². The number of benzene rings is 2. The van der Waals surface area contributed by atoms with E-state index in [1.165, 1.54) is 7.11 Å². The van der Waals surface area contributed by atoms with Gasteiger partial charge in [0, 0.05) is 28.1 Å².